The SMILES string of the molecule is CO[C@H]1C[C@@H]2CC[C@@H](C)[C@@](O)(O2)C(=O)C(=O)N2CCCC[C@H]2C(=O)O[C@H]([C@@H](C)C[C@@H]2CC[C@@H](O)[C@H](O)C2)CC(=O)[C@H](C)/C=C(\C)[C@@H](O)[C@@H](OC)C(=O)[C@H](C)C[C@H](C)/C=C/C=C/C=C/1C. The van der Waals surface area contributed by atoms with Crippen LogP contribution in [0.2, 0.25) is 0 Å². The van der Waals surface area contributed by atoms with E-state index in [2.05, 4.69) is 0 Å². The fourth-order valence-electron chi connectivity index (χ4n) is 9.88. The number of nitrogens with zero attached hydrogens (tertiary/aromatic N) is 1. The maximum absolute atomic E-state index is 14.3. The average molecular weight is 900 g/mol. The van der Waals surface area contributed by atoms with Crippen LogP contribution in [0.1, 0.15) is 126 Å². The maximum atomic E-state index is 14.3. The molecule has 0 radical (unpaired) electrons. The quantitative estimate of drug-likeness (QED) is 0.153. The van der Waals surface area contributed by atoms with Gasteiger partial charge in [-0.1, -0.05) is 71.1 Å². The number of ether oxygens (including phenoxy) is 4. The summed E-state index contributed by atoms with van der Waals surface area (Å²) in [6.07, 6.45) is 9.61. The van der Waals surface area contributed by atoms with Crippen LogP contribution < -0.4 is 0 Å². The Morgan fingerprint density at radius 1 is 0.844 bits per heavy atom. The van der Waals surface area contributed by atoms with E-state index in [-0.39, 0.29) is 42.8 Å². The predicted molar refractivity (Wildman–Crippen MR) is 240 cm³/mol. The molecule has 4 aliphatic rings. The van der Waals surface area contributed by atoms with E-state index in [0.717, 1.165) is 5.57 Å². The van der Waals surface area contributed by atoms with Crippen molar-refractivity contribution in [3.63, 3.8) is 0 Å². The van der Waals surface area contributed by atoms with Crippen molar-refractivity contribution in [2.45, 2.75) is 180 Å². The first-order valence-electron chi connectivity index (χ1n) is 23.5. The standard InChI is InChI=1S/C50H77NO13/c1-29-15-11-10-12-16-30(2)42(61-8)27-37-20-18-35(7)50(60,64-37)47(57)48(58)51-22-14-13-17-38(51)49(59)63-43(32(4)25-36-19-21-39(52)41(54)26-36)28-40(53)31(3)24-34(6)45(56)46(62-9)44(55)33(5)23-29/h10-12,15-16,24,29,31-33,35-39,41-43,45-46,52,54,56,60H,13-14,17-23,25-28H2,1-9H3/b12-10+,15-11+,30-16+,34-24+/t29-,31-,32+,33-,35-,36+,37+,38+,39-,41-,42+,43+,45-,46+,50-/m1/s1. The molecule has 3 aliphatic heterocycles. The van der Waals surface area contributed by atoms with Gasteiger partial charge in [0, 0.05) is 51.4 Å². The maximum Gasteiger partial charge on any atom is 0.329 e. The third-order valence-electron chi connectivity index (χ3n) is 14.2. The summed E-state index contributed by atoms with van der Waals surface area (Å²) in [6, 6.07) is -1.16. The van der Waals surface area contributed by atoms with Crippen LogP contribution in [0.5, 0.6) is 0 Å². The molecule has 64 heavy (non-hydrogen) atoms. The first-order valence-corrected chi connectivity index (χ1v) is 23.5. The molecule has 0 unspecified atom stereocenters. The molecule has 0 aromatic rings. The molecule has 360 valence electrons. The van der Waals surface area contributed by atoms with Gasteiger partial charge in [0.2, 0.25) is 5.79 Å². The van der Waals surface area contributed by atoms with Crippen LogP contribution in [0.15, 0.2) is 47.6 Å². The Hall–Kier alpha value is -3.37. The number of rotatable bonds is 5. The molecule has 4 rings (SSSR count). The van der Waals surface area contributed by atoms with Crippen molar-refractivity contribution in [2.24, 2.45) is 35.5 Å². The average Bonchev–Trinajstić information content (AvgIpc) is 3.26. The minimum Gasteiger partial charge on any atom is -0.460 e. The van der Waals surface area contributed by atoms with Crippen molar-refractivity contribution in [3.8, 4) is 0 Å². The third kappa shape index (κ3) is 13.8. The van der Waals surface area contributed by atoms with Gasteiger partial charge in [0.05, 0.1) is 24.4 Å². The smallest absolute Gasteiger partial charge is 0.329 e. The summed E-state index contributed by atoms with van der Waals surface area (Å²) in [5.74, 6) is -8.29. The summed E-state index contributed by atoms with van der Waals surface area (Å²) in [5.41, 5.74) is 1.24. The highest BCUT2D eigenvalue weighted by atomic mass is 16.6. The van der Waals surface area contributed by atoms with E-state index in [4.69, 9.17) is 18.9 Å². The van der Waals surface area contributed by atoms with Crippen molar-refractivity contribution in [1.82, 2.24) is 4.90 Å². The number of Topliss-reactive ketones (excluding diaryl/α,β-unsaturated/α-hetero) is 3. The molecule has 2 saturated heterocycles. The number of piperidine rings is 1. The number of hydrogen-bond donors (Lipinski definition) is 4. The van der Waals surface area contributed by atoms with Crippen molar-refractivity contribution in [1.29, 1.82) is 0 Å². The Labute approximate surface area is 380 Å². The van der Waals surface area contributed by atoms with Gasteiger partial charge >= 0.3 is 5.97 Å². The number of carbonyl (C=O) groups is 5. The summed E-state index contributed by atoms with van der Waals surface area (Å²) in [4.78, 5) is 71.5. The molecule has 4 N–H and O–H groups in total. The third-order valence-corrected chi connectivity index (χ3v) is 14.2. The van der Waals surface area contributed by atoms with E-state index >= 15 is 0 Å². The van der Waals surface area contributed by atoms with Crippen LogP contribution >= 0.6 is 0 Å². The molecule has 0 aromatic heterocycles. The number of ketones is 3. The van der Waals surface area contributed by atoms with E-state index < -0.39 is 95.9 Å². The minimum absolute atomic E-state index is 0.0134. The Morgan fingerprint density at radius 3 is 2.23 bits per heavy atom. The number of methoxy groups -OCH3 is 2. The number of esters is 1. The minimum atomic E-state index is -2.44. The Kier molecular flexibility index (Phi) is 20.3. The molecule has 2 bridgehead atoms. The lowest BCUT2D eigenvalue weighted by Crippen LogP contribution is -2.61. The number of aliphatic hydroxyl groups excluding tert-OH is 3. The van der Waals surface area contributed by atoms with Crippen molar-refractivity contribution in [2.75, 3.05) is 20.8 Å². The van der Waals surface area contributed by atoms with Gasteiger partial charge in [-0.2, -0.15) is 0 Å². The first kappa shape index (κ1) is 53.2. The van der Waals surface area contributed by atoms with Gasteiger partial charge in [0.25, 0.3) is 11.7 Å². The Morgan fingerprint density at radius 2 is 1.56 bits per heavy atom. The molecule has 0 spiro atoms. The number of allylic oxidation sites excluding steroid dienone is 6. The van der Waals surface area contributed by atoms with Gasteiger partial charge in [-0.05, 0) is 107 Å². The summed E-state index contributed by atoms with van der Waals surface area (Å²) in [7, 11) is 2.94. The van der Waals surface area contributed by atoms with Gasteiger partial charge in [0.1, 0.15) is 30.1 Å². The topological polar surface area (TPSA) is 206 Å². The molecular formula is C50H77NO13. The highest BCUT2D eigenvalue weighted by Gasteiger charge is 2.53. The van der Waals surface area contributed by atoms with E-state index in [9.17, 15) is 44.4 Å². The zero-order valence-corrected chi connectivity index (χ0v) is 39.6. The van der Waals surface area contributed by atoms with Crippen LogP contribution in [0, 0.1) is 35.5 Å². The van der Waals surface area contributed by atoms with E-state index in [0.29, 0.717) is 69.8 Å². The Balaban J connectivity index is 1.70. The highest BCUT2D eigenvalue weighted by Crippen LogP contribution is 2.37. The number of carbonyl (C=O) groups excluding carboxylic acids is 5. The van der Waals surface area contributed by atoms with Crippen LogP contribution in [0.4, 0.5) is 0 Å². The second-order valence-electron chi connectivity index (χ2n) is 19.4. The lowest BCUT2D eigenvalue weighted by Gasteiger charge is -2.42. The number of amides is 1. The van der Waals surface area contributed by atoms with Crippen molar-refractivity contribution < 1.29 is 63.3 Å². The fraction of sp³-hybridized carbons (Fsp3) is 0.740. The lowest BCUT2D eigenvalue weighted by atomic mass is 9.78. The zero-order valence-electron chi connectivity index (χ0n) is 39.6. The molecular weight excluding hydrogens is 823 g/mol. The monoisotopic (exact) mass is 900 g/mol. The zero-order chi connectivity index (χ0) is 47.5. The lowest BCUT2D eigenvalue weighted by molar-refractivity contribution is -0.265. The number of hydrogen-bond acceptors (Lipinski definition) is 13. The van der Waals surface area contributed by atoms with Gasteiger partial charge in [-0.15, -0.1) is 0 Å². The largest absolute Gasteiger partial charge is 0.460 e. The second-order valence-corrected chi connectivity index (χ2v) is 19.4. The summed E-state index contributed by atoms with van der Waals surface area (Å²) < 4.78 is 23.7. The molecule has 14 nitrogen and oxygen atoms in total. The van der Waals surface area contributed by atoms with Crippen LogP contribution in [-0.2, 0) is 42.9 Å². The number of aliphatic hydroxyl groups is 4. The number of cyclic esters (lactones) is 1. The predicted octanol–water partition coefficient (Wildman–Crippen LogP) is 5.53. The van der Waals surface area contributed by atoms with Gasteiger partial charge < -0.3 is 44.3 Å². The van der Waals surface area contributed by atoms with Crippen LogP contribution in [0.25, 0.3) is 0 Å². The Bertz CT molecular complexity index is 1740. The highest BCUT2D eigenvalue weighted by molar-refractivity contribution is 6.39. The van der Waals surface area contributed by atoms with Crippen molar-refractivity contribution in [3.05, 3.63) is 47.6 Å². The van der Waals surface area contributed by atoms with Gasteiger partial charge in [0.15, 0.2) is 5.78 Å². The molecule has 15 atom stereocenters. The summed E-state index contributed by atoms with van der Waals surface area (Å²) >= 11 is 0. The normalized spacial score (nSPS) is 40.9. The van der Waals surface area contributed by atoms with E-state index in [1.807, 2.05) is 51.2 Å². The second kappa shape index (κ2) is 24.4. The molecule has 1 amide bonds. The van der Waals surface area contributed by atoms with Crippen LogP contribution in [-0.4, -0.2) is 130 Å². The molecule has 14 heteroatoms. The van der Waals surface area contributed by atoms with E-state index in [1.54, 1.807) is 40.9 Å². The summed E-state index contributed by atoms with van der Waals surface area (Å²) in [5, 5.41) is 43.9. The first-order chi connectivity index (χ1) is 30.2. The molecule has 1 aliphatic carbocycles. The summed E-state index contributed by atoms with van der Waals surface area (Å²) in [6.45, 7) is 12.6. The van der Waals surface area contributed by atoms with Crippen molar-refractivity contribution >= 4 is 29.2 Å². The van der Waals surface area contributed by atoms with Crippen LogP contribution in [0.3, 0.4) is 0 Å². The van der Waals surface area contributed by atoms with E-state index in [1.165, 1.54) is 12.0 Å². The number of fused-ring (bicyclic) bond motifs is 3. The molecule has 3 heterocycles. The molecule has 0 aromatic carbocycles. The van der Waals surface area contributed by atoms with Gasteiger partial charge in [-0.25, -0.2) is 4.79 Å². The molecule has 1 saturated carbocycles. The molecule has 3 fully saturated rings. The fourth-order valence-corrected chi connectivity index (χ4v) is 9.88. The van der Waals surface area contributed by atoms with Gasteiger partial charge in [-0.3, -0.25) is 19.2 Å².